The molecule has 2 aromatic carbocycles. The van der Waals surface area contributed by atoms with Gasteiger partial charge < -0.3 is 14.8 Å². The van der Waals surface area contributed by atoms with Crippen molar-refractivity contribution in [2.45, 2.75) is 51.7 Å². The van der Waals surface area contributed by atoms with Gasteiger partial charge in [-0.15, -0.1) is 0 Å². The van der Waals surface area contributed by atoms with Crippen LogP contribution >= 0.6 is 0 Å². The molecule has 2 aliphatic rings. The second kappa shape index (κ2) is 10.2. The van der Waals surface area contributed by atoms with Crippen LogP contribution in [0, 0.1) is 23.2 Å². The number of rotatable bonds is 5. The van der Waals surface area contributed by atoms with Crippen LogP contribution in [0.3, 0.4) is 0 Å². The van der Waals surface area contributed by atoms with Crippen molar-refractivity contribution in [2.75, 3.05) is 18.1 Å². The zero-order valence-electron chi connectivity index (χ0n) is 22.1. The number of ether oxygens (including phenoxy) is 2. The third kappa shape index (κ3) is 5.44. The number of nitrogens with one attached hydrogen (secondary N) is 1. The van der Waals surface area contributed by atoms with Crippen LogP contribution in [0.15, 0.2) is 36.4 Å². The summed E-state index contributed by atoms with van der Waals surface area (Å²) in [5, 5.41) is 11.8. The van der Waals surface area contributed by atoms with Gasteiger partial charge in [-0.25, -0.2) is 9.69 Å². The van der Waals surface area contributed by atoms with Crippen LogP contribution in [0.1, 0.15) is 54.7 Å². The Kier molecular flexibility index (Phi) is 7.26. The summed E-state index contributed by atoms with van der Waals surface area (Å²) in [5.74, 6) is 4.99. The number of nitrogens with zero attached hydrogens (tertiary/aromatic N) is 3. The van der Waals surface area contributed by atoms with Crippen molar-refractivity contribution < 1.29 is 37.0 Å². The summed E-state index contributed by atoms with van der Waals surface area (Å²) < 4.78 is 51.5. The monoisotopic (exact) mass is 554 g/mol. The van der Waals surface area contributed by atoms with E-state index in [9.17, 15) is 27.6 Å². The number of halogens is 3. The summed E-state index contributed by atoms with van der Waals surface area (Å²) in [5.41, 5.74) is -3.22. The molecule has 40 heavy (non-hydrogen) atoms. The fraction of sp³-hybridized carbons (Fsp3) is 0.357. The summed E-state index contributed by atoms with van der Waals surface area (Å²) in [6.45, 7) is 6.38. The van der Waals surface area contributed by atoms with E-state index in [1.54, 1.807) is 32.0 Å². The molecule has 1 N–H and O–H groups in total. The maximum atomic E-state index is 13.4. The van der Waals surface area contributed by atoms with Gasteiger partial charge in [-0.05, 0) is 63.6 Å². The summed E-state index contributed by atoms with van der Waals surface area (Å²) in [6.07, 6.45) is -4.84. The highest BCUT2D eigenvalue weighted by molar-refractivity contribution is 6.23. The molecule has 208 valence electrons. The van der Waals surface area contributed by atoms with Crippen molar-refractivity contribution in [1.29, 1.82) is 5.26 Å². The van der Waals surface area contributed by atoms with Gasteiger partial charge >= 0.3 is 12.2 Å². The Hall–Kier alpha value is -4.55. The van der Waals surface area contributed by atoms with Gasteiger partial charge in [0.25, 0.3) is 11.8 Å². The van der Waals surface area contributed by atoms with Gasteiger partial charge in [0.05, 0.1) is 41.6 Å². The quantitative estimate of drug-likeness (QED) is 0.337. The lowest BCUT2D eigenvalue weighted by atomic mass is 10.0. The number of anilines is 1. The minimum absolute atomic E-state index is 0.0164. The molecule has 0 atom stereocenters. The third-order valence-electron chi connectivity index (χ3n) is 6.38. The molecule has 0 radical (unpaired) electrons. The summed E-state index contributed by atoms with van der Waals surface area (Å²) in [7, 11) is 0. The molecule has 4 amide bonds. The molecule has 0 saturated carbocycles. The lowest BCUT2D eigenvalue weighted by molar-refractivity contribution is -0.137. The lowest BCUT2D eigenvalue weighted by Gasteiger charge is -2.33. The van der Waals surface area contributed by atoms with Crippen LogP contribution in [-0.4, -0.2) is 47.2 Å². The van der Waals surface area contributed by atoms with Gasteiger partial charge in [-0.3, -0.25) is 14.5 Å². The first-order valence-corrected chi connectivity index (χ1v) is 12.1. The number of carbonyl (C=O) groups excluding carboxylic acids is 3. The Morgan fingerprint density at radius 1 is 1.05 bits per heavy atom. The average Bonchev–Trinajstić information content (AvgIpc) is 3.03. The number of hydrogen-bond acceptors (Lipinski definition) is 6. The highest BCUT2D eigenvalue weighted by atomic mass is 19.4. The Morgan fingerprint density at radius 3 is 2.45 bits per heavy atom. The van der Waals surface area contributed by atoms with E-state index in [1.807, 2.05) is 0 Å². The van der Waals surface area contributed by atoms with Gasteiger partial charge in [0.15, 0.2) is 5.72 Å². The van der Waals surface area contributed by atoms with Crippen LogP contribution in [-0.2, 0) is 22.3 Å². The van der Waals surface area contributed by atoms with Crippen molar-refractivity contribution in [3.8, 4) is 23.7 Å². The van der Waals surface area contributed by atoms with Crippen LogP contribution in [0.5, 0.6) is 5.75 Å². The Morgan fingerprint density at radius 2 is 1.77 bits per heavy atom. The maximum Gasteiger partial charge on any atom is 0.417 e. The molecule has 4 rings (SSSR count). The van der Waals surface area contributed by atoms with E-state index in [0.717, 1.165) is 22.6 Å². The molecule has 0 aromatic heterocycles. The number of alkyl halides is 3. The summed E-state index contributed by atoms with van der Waals surface area (Å²) >= 11 is 0. The van der Waals surface area contributed by atoms with E-state index in [0.29, 0.717) is 22.3 Å². The number of fused-ring (bicyclic) bond motifs is 1. The summed E-state index contributed by atoms with van der Waals surface area (Å²) in [6, 6.07) is 8.41. The first-order chi connectivity index (χ1) is 18.7. The van der Waals surface area contributed by atoms with Gasteiger partial charge in [0, 0.05) is 0 Å². The number of carbonyl (C=O) groups is 3. The molecule has 9 nitrogen and oxygen atoms in total. The van der Waals surface area contributed by atoms with Crippen LogP contribution in [0.25, 0.3) is 0 Å². The van der Waals surface area contributed by atoms with Crippen LogP contribution in [0.4, 0.5) is 23.7 Å². The van der Waals surface area contributed by atoms with Gasteiger partial charge in [-0.1, -0.05) is 17.9 Å². The minimum Gasteiger partial charge on any atom is -0.468 e. The smallest absolute Gasteiger partial charge is 0.417 e. The third-order valence-corrected chi connectivity index (χ3v) is 6.38. The molecule has 0 unspecified atom stereocenters. The van der Waals surface area contributed by atoms with Gasteiger partial charge in [-0.2, -0.15) is 18.4 Å². The number of urea groups is 1. The minimum atomic E-state index is -4.84. The van der Waals surface area contributed by atoms with Crippen molar-refractivity contribution >= 4 is 23.5 Å². The Balaban J connectivity index is 1.40. The number of amides is 4. The molecule has 0 spiro atoms. The predicted molar refractivity (Wildman–Crippen MR) is 136 cm³/mol. The van der Waals surface area contributed by atoms with Crippen LogP contribution in [0.2, 0.25) is 0 Å². The predicted octanol–water partition coefficient (Wildman–Crippen LogP) is 4.20. The molecular formula is C28H25F3N4O5. The van der Waals surface area contributed by atoms with E-state index in [1.165, 1.54) is 19.9 Å². The largest absolute Gasteiger partial charge is 0.468 e. The zero-order valence-corrected chi connectivity index (χ0v) is 22.1. The fourth-order valence-corrected chi connectivity index (χ4v) is 4.31. The first kappa shape index (κ1) is 28.5. The normalized spacial score (nSPS) is 17.4. The van der Waals surface area contributed by atoms with Crippen molar-refractivity contribution in [2.24, 2.45) is 0 Å². The molecule has 0 aliphatic carbocycles. The maximum absolute atomic E-state index is 13.4. The van der Waals surface area contributed by atoms with E-state index < -0.39 is 40.5 Å². The molecule has 1 saturated heterocycles. The first-order valence-electron chi connectivity index (χ1n) is 12.1. The highest BCUT2D eigenvalue weighted by Crippen LogP contribution is 2.37. The molecule has 0 bridgehead atoms. The standard InChI is InChI=1S/C28H25F3N4O5/c1-26(2)24(37)35(19-9-8-18(15-32)21(14-19)28(29,30)31)25(38)34(26)11-5-6-12-39-16-17-7-10-22-20(13-17)23(36)33-27(3,4)40-22/h7-10,13-14H,11-12,16H2,1-4H3,(H,33,36). The lowest BCUT2D eigenvalue weighted by Crippen LogP contribution is -2.51. The van der Waals surface area contributed by atoms with E-state index in [2.05, 4.69) is 17.2 Å². The Labute approximate surface area is 228 Å². The van der Waals surface area contributed by atoms with Crippen molar-refractivity contribution in [3.05, 3.63) is 58.7 Å². The van der Waals surface area contributed by atoms with E-state index >= 15 is 0 Å². The molecule has 12 heteroatoms. The van der Waals surface area contributed by atoms with Gasteiger partial charge in [0.1, 0.15) is 17.9 Å². The van der Waals surface area contributed by atoms with E-state index in [-0.39, 0.29) is 31.4 Å². The zero-order chi connectivity index (χ0) is 29.5. The SMILES string of the molecule is CC1(C)NC(=O)c2cc(COCC#CCN3C(=O)N(c4ccc(C#N)c(C(F)(F)F)c4)C(=O)C3(C)C)ccc2O1. The topological polar surface area (TPSA) is 112 Å². The molecule has 2 aliphatic heterocycles. The number of imide groups is 1. The second-order valence-electron chi connectivity index (χ2n) is 10.2. The fourth-order valence-electron chi connectivity index (χ4n) is 4.31. The molecule has 1 fully saturated rings. The van der Waals surface area contributed by atoms with Crippen molar-refractivity contribution in [3.63, 3.8) is 0 Å². The number of nitriles is 1. The van der Waals surface area contributed by atoms with Crippen LogP contribution < -0.4 is 15.0 Å². The Bertz CT molecular complexity index is 1500. The van der Waals surface area contributed by atoms with Gasteiger partial charge in [0.2, 0.25) is 0 Å². The molecular weight excluding hydrogens is 529 g/mol. The number of hydrogen-bond donors (Lipinski definition) is 1. The highest BCUT2D eigenvalue weighted by Gasteiger charge is 2.52. The molecule has 2 heterocycles. The number of benzene rings is 2. The average molecular weight is 555 g/mol. The second-order valence-corrected chi connectivity index (χ2v) is 10.2. The summed E-state index contributed by atoms with van der Waals surface area (Å²) in [4.78, 5) is 40.2. The molecule has 2 aromatic rings. The van der Waals surface area contributed by atoms with E-state index in [4.69, 9.17) is 14.7 Å². The van der Waals surface area contributed by atoms with Crippen molar-refractivity contribution in [1.82, 2.24) is 10.2 Å².